The number of nitrogens with one attached hydrogen (secondary N) is 1. The van der Waals surface area contributed by atoms with Crippen LogP contribution < -0.4 is 10.1 Å². The molecule has 1 aromatic carbocycles. The maximum absolute atomic E-state index is 14.3. The van der Waals surface area contributed by atoms with E-state index in [2.05, 4.69) is 5.32 Å². The van der Waals surface area contributed by atoms with Gasteiger partial charge in [0.15, 0.2) is 0 Å². The van der Waals surface area contributed by atoms with Crippen LogP contribution in [0, 0.1) is 5.82 Å². The Hall–Kier alpha value is -1.73. The van der Waals surface area contributed by atoms with Crippen LogP contribution in [0.25, 0.3) is 0 Å². The van der Waals surface area contributed by atoms with Crippen molar-refractivity contribution in [1.82, 2.24) is 5.32 Å². The van der Waals surface area contributed by atoms with Gasteiger partial charge in [-0.15, -0.1) is 0 Å². The predicted molar refractivity (Wildman–Crippen MR) is 105 cm³/mol. The standard InChI is InChI=1S/C22H31F2NO4/c1-15(25-16(2)26)12-27-18-5-7-19(8-6-18)28-13-17-3-4-20(11-21(17)23)29-14-22(24)9-10-22/h3-4,11,15,18-19H,5-10,12-14H2,1-2H3,(H,25,26)/t15-,18?,19?/m0/s1. The van der Waals surface area contributed by atoms with E-state index in [9.17, 15) is 13.6 Å². The highest BCUT2D eigenvalue weighted by Gasteiger charge is 2.44. The summed E-state index contributed by atoms with van der Waals surface area (Å²) in [7, 11) is 0. The lowest BCUT2D eigenvalue weighted by atomic mass is 9.95. The molecule has 2 saturated carbocycles. The van der Waals surface area contributed by atoms with Crippen molar-refractivity contribution in [2.75, 3.05) is 13.2 Å². The van der Waals surface area contributed by atoms with Gasteiger partial charge in [0.1, 0.15) is 23.8 Å². The molecule has 1 atom stereocenters. The lowest BCUT2D eigenvalue weighted by molar-refractivity contribution is -0.120. The molecule has 0 spiro atoms. The number of halogens is 2. The number of carbonyl (C=O) groups is 1. The minimum atomic E-state index is -1.22. The van der Waals surface area contributed by atoms with Crippen molar-refractivity contribution in [2.45, 2.75) is 82.9 Å². The Morgan fingerprint density at radius 2 is 1.86 bits per heavy atom. The zero-order chi connectivity index (χ0) is 20.9. The molecule has 3 rings (SSSR count). The van der Waals surface area contributed by atoms with Gasteiger partial charge in [-0.05, 0) is 51.5 Å². The lowest BCUT2D eigenvalue weighted by Gasteiger charge is -2.29. The number of hydrogen-bond donors (Lipinski definition) is 1. The zero-order valence-electron chi connectivity index (χ0n) is 17.2. The summed E-state index contributed by atoms with van der Waals surface area (Å²) in [6.07, 6.45) is 4.78. The quantitative estimate of drug-likeness (QED) is 0.630. The van der Waals surface area contributed by atoms with Crippen LogP contribution in [-0.2, 0) is 20.9 Å². The van der Waals surface area contributed by atoms with Crippen LogP contribution in [0.5, 0.6) is 5.75 Å². The molecule has 0 bridgehead atoms. The molecule has 2 aliphatic rings. The summed E-state index contributed by atoms with van der Waals surface area (Å²) in [5, 5.41) is 2.81. The SMILES string of the molecule is CC(=O)N[C@@H](C)COC1CCC(OCc2ccc(OCC3(F)CC3)cc2F)CC1. The molecule has 0 aromatic heterocycles. The van der Waals surface area contributed by atoms with Crippen LogP contribution in [0.1, 0.15) is 57.9 Å². The highest BCUT2D eigenvalue weighted by atomic mass is 19.1. The number of hydrogen-bond acceptors (Lipinski definition) is 4. The highest BCUT2D eigenvalue weighted by Crippen LogP contribution is 2.40. The summed E-state index contributed by atoms with van der Waals surface area (Å²) in [6, 6.07) is 4.59. The lowest BCUT2D eigenvalue weighted by Crippen LogP contribution is -2.36. The Labute approximate surface area is 171 Å². The maximum atomic E-state index is 14.3. The van der Waals surface area contributed by atoms with Crippen LogP contribution in [-0.4, -0.2) is 43.0 Å². The van der Waals surface area contributed by atoms with Gasteiger partial charge in [-0.2, -0.15) is 0 Å². The molecular weight excluding hydrogens is 380 g/mol. The average molecular weight is 411 g/mol. The summed E-state index contributed by atoms with van der Waals surface area (Å²) < 4.78 is 45.0. The molecule has 1 amide bonds. The van der Waals surface area contributed by atoms with Crippen LogP contribution in [0.2, 0.25) is 0 Å². The van der Waals surface area contributed by atoms with E-state index < -0.39 is 11.5 Å². The molecule has 162 valence electrons. The van der Waals surface area contributed by atoms with Gasteiger partial charge < -0.3 is 19.5 Å². The second kappa shape index (κ2) is 9.85. The summed E-state index contributed by atoms with van der Waals surface area (Å²) in [4.78, 5) is 11.0. The van der Waals surface area contributed by atoms with E-state index >= 15 is 0 Å². The Kier molecular flexibility index (Phi) is 7.46. The fourth-order valence-corrected chi connectivity index (χ4v) is 3.47. The fourth-order valence-electron chi connectivity index (χ4n) is 3.47. The smallest absolute Gasteiger partial charge is 0.217 e. The van der Waals surface area contributed by atoms with Gasteiger partial charge in [-0.1, -0.05) is 6.07 Å². The van der Waals surface area contributed by atoms with Gasteiger partial charge in [0, 0.05) is 24.6 Å². The largest absolute Gasteiger partial charge is 0.490 e. The number of ether oxygens (including phenoxy) is 3. The van der Waals surface area contributed by atoms with E-state index in [1.807, 2.05) is 6.92 Å². The molecule has 2 aliphatic carbocycles. The van der Waals surface area contributed by atoms with Crippen LogP contribution >= 0.6 is 0 Å². The van der Waals surface area contributed by atoms with Crippen LogP contribution in [0.3, 0.4) is 0 Å². The van der Waals surface area contributed by atoms with Crippen LogP contribution in [0.15, 0.2) is 18.2 Å². The Balaban J connectivity index is 1.35. The average Bonchev–Trinajstić information content (AvgIpc) is 3.42. The van der Waals surface area contributed by atoms with Gasteiger partial charge in [-0.3, -0.25) is 4.79 Å². The number of rotatable bonds is 10. The van der Waals surface area contributed by atoms with Gasteiger partial charge in [0.2, 0.25) is 5.91 Å². The highest BCUT2D eigenvalue weighted by molar-refractivity contribution is 5.73. The van der Waals surface area contributed by atoms with E-state index in [1.165, 1.54) is 13.0 Å². The fraction of sp³-hybridized carbons (Fsp3) is 0.682. The first-order valence-corrected chi connectivity index (χ1v) is 10.4. The summed E-state index contributed by atoms with van der Waals surface area (Å²) in [6.45, 7) is 4.10. The molecule has 0 unspecified atom stereocenters. The van der Waals surface area contributed by atoms with Crippen LogP contribution in [0.4, 0.5) is 8.78 Å². The van der Waals surface area contributed by atoms with Crippen molar-refractivity contribution in [1.29, 1.82) is 0 Å². The molecule has 5 nitrogen and oxygen atoms in total. The Morgan fingerprint density at radius 3 is 2.45 bits per heavy atom. The Morgan fingerprint density at radius 1 is 1.21 bits per heavy atom. The van der Waals surface area contributed by atoms with E-state index in [-0.39, 0.29) is 37.4 Å². The summed E-state index contributed by atoms with van der Waals surface area (Å²) in [5.41, 5.74) is -0.746. The first kappa shape index (κ1) is 22.0. The van der Waals surface area contributed by atoms with Crippen molar-refractivity contribution < 1.29 is 27.8 Å². The molecular formula is C22H31F2NO4. The molecule has 0 saturated heterocycles. The molecule has 7 heteroatoms. The second-order valence-electron chi connectivity index (χ2n) is 8.34. The van der Waals surface area contributed by atoms with Gasteiger partial charge >= 0.3 is 0 Å². The number of carbonyl (C=O) groups excluding carboxylic acids is 1. The van der Waals surface area contributed by atoms with E-state index in [0.29, 0.717) is 30.8 Å². The maximum Gasteiger partial charge on any atom is 0.217 e. The normalized spacial score (nSPS) is 24.0. The molecule has 1 aromatic rings. The third-order valence-electron chi connectivity index (χ3n) is 5.44. The second-order valence-corrected chi connectivity index (χ2v) is 8.34. The third kappa shape index (κ3) is 7.23. The first-order chi connectivity index (χ1) is 13.8. The Bertz CT molecular complexity index is 687. The molecule has 1 N–H and O–H groups in total. The molecule has 0 radical (unpaired) electrons. The van der Waals surface area contributed by atoms with Gasteiger partial charge in [0.05, 0.1) is 25.4 Å². The number of alkyl halides is 1. The number of benzene rings is 1. The van der Waals surface area contributed by atoms with Crippen molar-refractivity contribution in [3.8, 4) is 5.75 Å². The third-order valence-corrected chi connectivity index (χ3v) is 5.44. The van der Waals surface area contributed by atoms with Gasteiger partial charge in [-0.25, -0.2) is 8.78 Å². The predicted octanol–water partition coefficient (Wildman–Crippen LogP) is 4.08. The molecule has 0 heterocycles. The van der Waals surface area contributed by atoms with Crippen molar-refractivity contribution in [3.05, 3.63) is 29.6 Å². The summed E-state index contributed by atoms with van der Waals surface area (Å²) in [5.74, 6) is -0.101. The summed E-state index contributed by atoms with van der Waals surface area (Å²) >= 11 is 0. The van der Waals surface area contributed by atoms with E-state index in [1.54, 1.807) is 12.1 Å². The number of amides is 1. The van der Waals surface area contributed by atoms with Crippen molar-refractivity contribution in [3.63, 3.8) is 0 Å². The van der Waals surface area contributed by atoms with E-state index in [0.717, 1.165) is 25.7 Å². The van der Waals surface area contributed by atoms with Crippen molar-refractivity contribution >= 4 is 5.91 Å². The van der Waals surface area contributed by atoms with Gasteiger partial charge in [0.25, 0.3) is 0 Å². The minimum Gasteiger partial charge on any atom is -0.490 e. The first-order valence-electron chi connectivity index (χ1n) is 10.4. The zero-order valence-corrected chi connectivity index (χ0v) is 17.2. The molecule has 0 aliphatic heterocycles. The van der Waals surface area contributed by atoms with E-state index in [4.69, 9.17) is 14.2 Å². The molecule has 2 fully saturated rings. The minimum absolute atomic E-state index is 0.00360. The monoisotopic (exact) mass is 411 g/mol. The van der Waals surface area contributed by atoms with Crippen molar-refractivity contribution in [2.24, 2.45) is 0 Å². The topological polar surface area (TPSA) is 56.8 Å². The molecule has 29 heavy (non-hydrogen) atoms.